The van der Waals surface area contributed by atoms with E-state index in [4.69, 9.17) is 0 Å². The molecule has 2 N–H and O–H groups in total. The molecule has 2 fully saturated rings. The van der Waals surface area contributed by atoms with E-state index in [2.05, 4.69) is 17.1 Å². The quantitative estimate of drug-likeness (QED) is 0.854. The minimum Gasteiger partial charge on any atom is -0.508 e. The Morgan fingerprint density at radius 3 is 2.68 bits per heavy atom. The highest BCUT2D eigenvalue weighted by atomic mass is 16.3. The van der Waals surface area contributed by atoms with Gasteiger partial charge in [-0.2, -0.15) is 0 Å². The number of rotatable bonds is 5. The van der Waals surface area contributed by atoms with Crippen molar-refractivity contribution in [1.29, 1.82) is 0 Å². The summed E-state index contributed by atoms with van der Waals surface area (Å²) in [5.41, 5.74) is 1.25. The zero-order valence-electron chi connectivity index (χ0n) is 11.7. The van der Waals surface area contributed by atoms with Crippen molar-refractivity contribution in [3.63, 3.8) is 0 Å². The Kier molecular flexibility index (Phi) is 3.76. The van der Waals surface area contributed by atoms with Crippen LogP contribution in [0.4, 0.5) is 0 Å². The van der Waals surface area contributed by atoms with Crippen LogP contribution in [-0.4, -0.2) is 35.7 Å². The van der Waals surface area contributed by atoms with Gasteiger partial charge in [0.05, 0.1) is 0 Å². The van der Waals surface area contributed by atoms with Gasteiger partial charge in [0.2, 0.25) is 0 Å². The molecule has 1 heterocycles. The van der Waals surface area contributed by atoms with Crippen LogP contribution in [0.2, 0.25) is 0 Å². The zero-order chi connectivity index (χ0) is 13.2. The van der Waals surface area contributed by atoms with Crippen molar-refractivity contribution in [3.05, 3.63) is 29.8 Å². The smallest absolute Gasteiger partial charge is 0.115 e. The zero-order valence-corrected chi connectivity index (χ0v) is 11.7. The molecule has 1 saturated carbocycles. The Morgan fingerprint density at radius 2 is 2.00 bits per heavy atom. The predicted octanol–water partition coefficient (Wildman–Crippen LogP) is 2.53. The molecular formula is C16H24N2O. The van der Waals surface area contributed by atoms with Crippen LogP contribution < -0.4 is 5.32 Å². The van der Waals surface area contributed by atoms with Crippen LogP contribution in [0.5, 0.6) is 5.75 Å². The number of likely N-dealkylation sites (tertiary alicyclic amines) is 1. The van der Waals surface area contributed by atoms with Crippen molar-refractivity contribution < 1.29 is 5.11 Å². The molecule has 0 spiro atoms. The van der Waals surface area contributed by atoms with Crippen molar-refractivity contribution in [2.45, 2.75) is 38.3 Å². The first-order chi connectivity index (χ1) is 9.22. The molecule has 3 nitrogen and oxygen atoms in total. The highest BCUT2D eigenvalue weighted by molar-refractivity contribution is 5.27. The molecule has 0 bridgehead atoms. The Labute approximate surface area is 115 Å². The first-order valence-electron chi connectivity index (χ1n) is 7.49. The van der Waals surface area contributed by atoms with E-state index < -0.39 is 0 Å². The number of phenols is 1. The number of nitrogens with one attached hydrogen (secondary N) is 1. The molecule has 2 aliphatic rings. The normalized spacial score (nSPS) is 25.6. The molecule has 0 radical (unpaired) electrons. The van der Waals surface area contributed by atoms with E-state index in [1.54, 1.807) is 12.1 Å². The van der Waals surface area contributed by atoms with Gasteiger partial charge in [0, 0.05) is 18.6 Å². The molecule has 0 amide bonds. The molecule has 3 rings (SSSR count). The second-order valence-corrected chi connectivity index (χ2v) is 6.10. The fourth-order valence-electron chi connectivity index (χ4n) is 3.02. The SMILES string of the molecule is CC(NCC1CCN(C2CC2)C1)c1ccc(O)cc1. The molecule has 2 atom stereocenters. The highest BCUT2D eigenvalue weighted by Crippen LogP contribution is 2.31. The van der Waals surface area contributed by atoms with Gasteiger partial charge in [-0.05, 0) is 62.9 Å². The van der Waals surface area contributed by atoms with Crippen molar-refractivity contribution in [3.8, 4) is 5.75 Å². The molecule has 0 aromatic heterocycles. The first kappa shape index (κ1) is 12.9. The van der Waals surface area contributed by atoms with E-state index in [0.717, 1.165) is 18.5 Å². The molecule has 3 heteroatoms. The third-order valence-corrected chi connectivity index (χ3v) is 4.49. The Bertz CT molecular complexity index is 413. The Morgan fingerprint density at radius 1 is 1.26 bits per heavy atom. The molecular weight excluding hydrogens is 236 g/mol. The second kappa shape index (κ2) is 5.51. The van der Waals surface area contributed by atoms with Crippen molar-refractivity contribution in [2.75, 3.05) is 19.6 Å². The lowest BCUT2D eigenvalue weighted by Crippen LogP contribution is -2.29. The van der Waals surface area contributed by atoms with Crippen molar-refractivity contribution in [1.82, 2.24) is 10.2 Å². The predicted molar refractivity (Wildman–Crippen MR) is 77.2 cm³/mol. The third-order valence-electron chi connectivity index (χ3n) is 4.49. The van der Waals surface area contributed by atoms with Crippen molar-refractivity contribution >= 4 is 0 Å². The summed E-state index contributed by atoms with van der Waals surface area (Å²) in [5, 5.41) is 12.9. The van der Waals surface area contributed by atoms with Gasteiger partial charge >= 0.3 is 0 Å². The summed E-state index contributed by atoms with van der Waals surface area (Å²) in [6, 6.07) is 8.79. The van der Waals surface area contributed by atoms with Crippen LogP contribution in [0.15, 0.2) is 24.3 Å². The maximum atomic E-state index is 9.30. The van der Waals surface area contributed by atoms with E-state index in [9.17, 15) is 5.11 Å². The minimum atomic E-state index is 0.340. The van der Waals surface area contributed by atoms with Crippen LogP contribution in [0.3, 0.4) is 0 Å². The van der Waals surface area contributed by atoms with E-state index in [1.807, 2.05) is 12.1 Å². The molecule has 1 saturated heterocycles. The van der Waals surface area contributed by atoms with E-state index in [0.29, 0.717) is 11.8 Å². The van der Waals surface area contributed by atoms with Gasteiger partial charge < -0.3 is 15.3 Å². The van der Waals surface area contributed by atoms with Gasteiger partial charge in [-0.25, -0.2) is 0 Å². The summed E-state index contributed by atoms with van der Waals surface area (Å²) in [7, 11) is 0. The van der Waals surface area contributed by atoms with Gasteiger partial charge in [0.25, 0.3) is 0 Å². The molecule has 2 unspecified atom stereocenters. The van der Waals surface area contributed by atoms with Crippen LogP contribution in [0, 0.1) is 5.92 Å². The van der Waals surface area contributed by atoms with Crippen molar-refractivity contribution in [2.24, 2.45) is 5.92 Å². The summed E-state index contributed by atoms with van der Waals surface area (Å²) in [4.78, 5) is 2.66. The van der Waals surface area contributed by atoms with Crippen LogP contribution in [0.1, 0.15) is 37.8 Å². The maximum absolute atomic E-state index is 9.30. The average molecular weight is 260 g/mol. The maximum Gasteiger partial charge on any atom is 0.115 e. The molecule has 104 valence electrons. The Balaban J connectivity index is 1.45. The summed E-state index contributed by atoms with van der Waals surface area (Å²) in [6.45, 7) is 5.87. The lowest BCUT2D eigenvalue weighted by molar-refractivity contribution is 0.310. The van der Waals surface area contributed by atoms with Gasteiger partial charge in [0.15, 0.2) is 0 Å². The largest absolute Gasteiger partial charge is 0.508 e. The number of phenolic OH excluding ortho intramolecular Hbond substituents is 1. The third kappa shape index (κ3) is 3.28. The van der Waals surface area contributed by atoms with Crippen LogP contribution in [0.25, 0.3) is 0 Å². The number of aromatic hydroxyl groups is 1. The summed E-state index contributed by atoms with van der Waals surface area (Å²) in [5.74, 6) is 1.15. The second-order valence-electron chi connectivity index (χ2n) is 6.10. The molecule has 1 aliphatic heterocycles. The van der Waals surface area contributed by atoms with Crippen LogP contribution in [-0.2, 0) is 0 Å². The van der Waals surface area contributed by atoms with Gasteiger partial charge in [-0.3, -0.25) is 0 Å². The Hall–Kier alpha value is -1.06. The topological polar surface area (TPSA) is 35.5 Å². The number of hydrogen-bond donors (Lipinski definition) is 2. The summed E-state index contributed by atoms with van der Waals surface area (Å²) >= 11 is 0. The fourth-order valence-corrected chi connectivity index (χ4v) is 3.02. The molecule has 1 aromatic carbocycles. The number of nitrogens with zero attached hydrogens (tertiary/aromatic N) is 1. The number of benzene rings is 1. The minimum absolute atomic E-state index is 0.340. The number of hydrogen-bond acceptors (Lipinski definition) is 3. The average Bonchev–Trinajstić information content (AvgIpc) is 3.16. The van der Waals surface area contributed by atoms with Gasteiger partial charge in [-0.1, -0.05) is 12.1 Å². The molecule has 1 aromatic rings. The standard InChI is InChI=1S/C16H24N2O/c1-12(14-2-6-16(19)7-3-14)17-10-13-8-9-18(11-13)15-4-5-15/h2-3,6-7,12-13,15,17,19H,4-5,8-11H2,1H3. The monoisotopic (exact) mass is 260 g/mol. The van der Waals surface area contributed by atoms with Crippen LogP contribution >= 0.6 is 0 Å². The molecule has 19 heavy (non-hydrogen) atoms. The van der Waals surface area contributed by atoms with E-state index in [-0.39, 0.29) is 0 Å². The van der Waals surface area contributed by atoms with E-state index >= 15 is 0 Å². The van der Waals surface area contributed by atoms with E-state index in [1.165, 1.54) is 37.9 Å². The lowest BCUT2D eigenvalue weighted by Gasteiger charge is -2.18. The first-order valence-corrected chi connectivity index (χ1v) is 7.49. The highest BCUT2D eigenvalue weighted by Gasteiger charge is 2.34. The fraction of sp³-hybridized carbons (Fsp3) is 0.625. The van der Waals surface area contributed by atoms with Gasteiger partial charge in [0.1, 0.15) is 5.75 Å². The van der Waals surface area contributed by atoms with Gasteiger partial charge in [-0.15, -0.1) is 0 Å². The summed E-state index contributed by atoms with van der Waals surface area (Å²) in [6.07, 6.45) is 4.18. The molecule has 1 aliphatic carbocycles. The summed E-state index contributed by atoms with van der Waals surface area (Å²) < 4.78 is 0. The lowest BCUT2D eigenvalue weighted by atomic mass is 10.1.